The minimum atomic E-state index is -0.476. The highest BCUT2D eigenvalue weighted by atomic mass is 32.1. The predicted octanol–water partition coefficient (Wildman–Crippen LogP) is 2.18. The molecule has 2 unspecified atom stereocenters. The zero-order valence-electron chi connectivity index (χ0n) is 9.32. The number of esters is 1. The molecule has 0 radical (unpaired) electrons. The standard InChI is InChI=1S/C10H20O3S/c1-5-8(3)10(11)13-9(4)12-7-14-6-2/h7-9,14H,5-6H2,1-4H3. The van der Waals surface area contributed by atoms with Crippen LogP contribution >= 0.6 is 11.4 Å². The van der Waals surface area contributed by atoms with Gasteiger partial charge in [0.05, 0.1) is 11.5 Å². The Morgan fingerprint density at radius 1 is 1.43 bits per heavy atom. The van der Waals surface area contributed by atoms with Crippen LogP contribution in [0.1, 0.15) is 34.1 Å². The van der Waals surface area contributed by atoms with E-state index in [1.54, 1.807) is 12.5 Å². The van der Waals surface area contributed by atoms with Gasteiger partial charge in [0.15, 0.2) is 0 Å². The Morgan fingerprint density at radius 3 is 2.57 bits per heavy atom. The van der Waals surface area contributed by atoms with E-state index < -0.39 is 6.29 Å². The zero-order valence-corrected chi connectivity index (χ0v) is 10.2. The summed E-state index contributed by atoms with van der Waals surface area (Å²) in [6.45, 7) is 7.58. The van der Waals surface area contributed by atoms with E-state index in [9.17, 15) is 4.79 Å². The Morgan fingerprint density at radius 2 is 2.07 bits per heavy atom. The minimum Gasteiger partial charge on any atom is -0.435 e. The molecular weight excluding hydrogens is 200 g/mol. The number of carbonyl (C=O) groups excluding carboxylic acids is 1. The smallest absolute Gasteiger partial charge is 0.310 e. The fourth-order valence-electron chi connectivity index (χ4n) is 0.677. The van der Waals surface area contributed by atoms with Gasteiger partial charge in [-0.1, -0.05) is 20.8 Å². The topological polar surface area (TPSA) is 35.5 Å². The summed E-state index contributed by atoms with van der Waals surface area (Å²) in [4.78, 5) is 11.3. The Labute approximate surface area is 89.7 Å². The van der Waals surface area contributed by atoms with E-state index in [2.05, 4.69) is 6.92 Å². The number of thiol groups is 1. The van der Waals surface area contributed by atoms with Crippen molar-refractivity contribution in [3.05, 3.63) is 0 Å². The van der Waals surface area contributed by atoms with Crippen molar-refractivity contribution in [1.29, 1.82) is 0 Å². The first-order chi connectivity index (χ1) is 6.61. The van der Waals surface area contributed by atoms with Gasteiger partial charge in [0, 0.05) is 0 Å². The largest absolute Gasteiger partial charge is 0.435 e. The molecule has 0 saturated heterocycles. The molecule has 0 N–H and O–H groups in total. The van der Waals surface area contributed by atoms with Crippen molar-refractivity contribution in [3.8, 4) is 0 Å². The molecule has 4 heteroatoms. The summed E-state index contributed by atoms with van der Waals surface area (Å²) in [6.07, 6.45) is 0.318. The molecule has 3 nitrogen and oxygen atoms in total. The molecule has 0 amide bonds. The van der Waals surface area contributed by atoms with Crippen molar-refractivity contribution < 1.29 is 14.3 Å². The van der Waals surface area contributed by atoms with Crippen LogP contribution in [0, 0.1) is 5.92 Å². The van der Waals surface area contributed by atoms with Crippen LogP contribution in [0.15, 0.2) is 0 Å². The lowest BCUT2D eigenvalue weighted by atomic mass is 10.1. The number of hydrogen-bond acceptors (Lipinski definition) is 3. The SMILES string of the molecule is CC[SH]=COC(C)OC(=O)C(C)CC. The van der Waals surface area contributed by atoms with E-state index in [1.165, 1.54) is 0 Å². The highest BCUT2D eigenvalue weighted by Crippen LogP contribution is 2.05. The number of rotatable bonds is 6. The van der Waals surface area contributed by atoms with Gasteiger partial charge in [0.2, 0.25) is 6.29 Å². The lowest BCUT2D eigenvalue weighted by Gasteiger charge is -2.14. The molecular formula is C10H20O3S. The quantitative estimate of drug-likeness (QED) is 0.322. The third kappa shape index (κ3) is 6.16. The number of hydrogen-bond donors (Lipinski definition) is 1. The third-order valence-electron chi connectivity index (χ3n) is 1.81. The van der Waals surface area contributed by atoms with Crippen LogP contribution in [0.2, 0.25) is 0 Å². The van der Waals surface area contributed by atoms with Crippen LogP contribution in [0.4, 0.5) is 0 Å². The summed E-state index contributed by atoms with van der Waals surface area (Å²) >= 11 is 1.10. The molecule has 2 atom stereocenters. The molecule has 0 fully saturated rings. The van der Waals surface area contributed by atoms with Crippen molar-refractivity contribution in [3.63, 3.8) is 0 Å². The summed E-state index contributed by atoms with van der Waals surface area (Å²) in [5, 5.41) is 0. The first kappa shape index (κ1) is 13.7. The highest BCUT2D eigenvalue weighted by molar-refractivity contribution is 7.97. The molecule has 84 valence electrons. The average molecular weight is 220 g/mol. The first-order valence-corrected chi connectivity index (χ1v) is 6.10. The van der Waals surface area contributed by atoms with Gasteiger partial charge in [-0.3, -0.25) is 4.79 Å². The maximum absolute atomic E-state index is 11.3. The molecule has 0 aliphatic rings. The maximum atomic E-state index is 11.3. The lowest BCUT2D eigenvalue weighted by Crippen LogP contribution is -2.22. The Hall–Kier alpha value is -0.350. The van der Waals surface area contributed by atoms with Gasteiger partial charge < -0.3 is 9.47 Å². The second-order valence-corrected chi connectivity index (χ2v) is 4.26. The van der Waals surface area contributed by atoms with Crippen molar-refractivity contribution >= 4 is 22.9 Å². The molecule has 0 bridgehead atoms. The van der Waals surface area contributed by atoms with Crippen LogP contribution in [0.5, 0.6) is 0 Å². The normalized spacial score (nSPS) is 16.0. The Balaban J connectivity index is 3.76. The molecule has 0 saturated carbocycles. The van der Waals surface area contributed by atoms with Crippen LogP contribution in [-0.2, 0) is 14.3 Å². The van der Waals surface area contributed by atoms with E-state index in [0.29, 0.717) is 0 Å². The molecule has 0 aromatic rings. The number of ether oxygens (including phenoxy) is 2. The van der Waals surface area contributed by atoms with E-state index in [1.807, 2.05) is 13.8 Å². The molecule has 14 heavy (non-hydrogen) atoms. The second-order valence-electron chi connectivity index (χ2n) is 3.05. The third-order valence-corrected chi connectivity index (χ3v) is 2.44. The maximum Gasteiger partial charge on any atom is 0.310 e. The molecule has 0 aliphatic heterocycles. The van der Waals surface area contributed by atoms with Crippen molar-refractivity contribution in [2.45, 2.75) is 40.4 Å². The monoisotopic (exact) mass is 220 g/mol. The molecule has 0 aliphatic carbocycles. The fraction of sp³-hybridized carbons (Fsp3) is 0.800. The van der Waals surface area contributed by atoms with E-state index in [0.717, 1.165) is 23.5 Å². The zero-order chi connectivity index (χ0) is 11.0. The fourth-order valence-corrected chi connectivity index (χ4v) is 1.08. The van der Waals surface area contributed by atoms with Crippen LogP contribution < -0.4 is 0 Å². The van der Waals surface area contributed by atoms with Gasteiger partial charge >= 0.3 is 5.97 Å². The van der Waals surface area contributed by atoms with Crippen LogP contribution in [-0.4, -0.2) is 23.6 Å². The number of carbonyl (C=O) groups is 1. The van der Waals surface area contributed by atoms with E-state index >= 15 is 0 Å². The summed E-state index contributed by atoms with van der Waals surface area (Å²) in [6, 6.07) is 0. The second kappa shape index (κ2) is 8.00. The van der Waals surface area contributed by atoms with Gasteiger partial charge in [-0.2, -0.15) is 11.4 Å². The van der Waals surface area contributed by atoms with Crippen LogP contribution in [0.25, 0.3) is 0 Å². The molecule has 0 rings (SSSR count). The Bertz CT molecular complexity index is 192. The summed E-state index contributed by atoms with van der Waals surface area (Å²) in [5.74, 6) is 0.762. The molecule has 0 aromatic carbocycles. The minimum absolute atomic E-state index is 0.0511. The van der Waals surface area contributed by atoms with E-state index in [-0.39, 0.29) is 11.9 Å². The van der Waals surface area contributed by atoms with Gasteiger partial charge in [-0.05, 0) is 19.1 Å². The van der Waals surface area contributed by atoms with Crippen molar-refractivity contribution in [1.82, 2.24) is 0 Å². The molecule has 0 heterocycles. The Kier molecular flexibility index (Phi) is 7.80. The summed E-state index contributed by atoms with van der Waals surface area (Å²) in [5.41, 5.74) is 1.66. The van der Waals surface area contributed by atoms with Crippen LogP contribution in [0.3, 0.4) is 0 Å². The lowest BCUT2D eigenvalue weighted by molar-refractivity contribution is -0.166. The van der Waals surface area contributed by atoms with Crippen molar-refractivity contribution in [2.75, 3.05) is 5.75 Å². The van der Waals surface area contributed by atoms with Gasteiger partial charge in [-0.15, -0.1) is 0 Å². The predicted molar refractivity (Wildman–Crippen MR) is 61.7 cm³/mol. The van der Waals surface area contributed by atoms with Gasteiger partial charge in [-0.25, -0.2) is 0 Å². The summed E-state index contributed by atoms with van der Waals surface area (Å²) in [7, 11) is 0. The summed E-state index contributed by atoms with van der Waals surface area (Å²) < 4.78 is 10.2. The van der Waals surface area contributed by atoms with E-state index in [4.69, 9.17) is 9.47 Å². The average Bonchev–Trinajstić information content (AvgIpc) is 2.16. The molecule has 0 aromatic heterocycles. The highest BCUT2D eigenvalue weighted by Gasteiger charge is 2.14. The first-order valence-electron chi connectivity index (χ1n) is 4.96. The van der Waals surface area contributed by atoms with Gasteiger partial charge in [0.25, 0.3) is 0 Å². The molecule has 0 spiro atoms. The van der Waals surface area contributed by atoms with Crippen molar-refractivity contribution in [2.24, 2.45) is 5.92 Å². The van der Waals surface area contributed by atoms with Gasteiger partial charge in [0.1, 0.15) is 0 Å².